The van der Waals surface area contributed by atoms with Gasteiger partial charge in [-0.05, 0) is 183 Å². The summed E-state index contributed by atoms with van der Waals surface area (Å²) in [5.41, 5.74) is 27.5. The van der Waals surface area contributed by atoms with Crippen LogP contribution in [0.5, 0.6) is 0 Å². The minimum atomic E-state index is -0.123. The first-order valence-electron chi connectivity index (χ1n) is 32.1. The molecule has 0 bridgehead atoms. The molecule has 3 aliphatic rings. The van der Waals surface area contributed by atoms with Crippen LogP contribution in [-0.4, -0.2) is 4.98 Å². The Morgan fingerprint density at radius 1 is 0.609 bits per heavy atom. The number of hydrogen-bond acceptors (Lipinski definition) is 2. The van der Waals surface area contributed by atoms with Crippen molar-refractivity contribution in [2.75, 3.05) is 5.32 Å². The summed E-state index contributed by atoms with van der Waals surface area (Å²) in [6.07, 6.45) is 46.0. The van der Waals surface area contributed by atoms with Crippen LogP contribution in [0.4, 0.5) is 5.69 Å². The molecule has 0 spiro atoms. The number of anilines is 1. The smallest absolute Gasteiger partial charge is 0.0547 e. The average molecular weight is 1150 g/mol. The van der Waals surface area contributed by atoms with Gasteiger partial charge in [0, 0.05) is 38.5 Å². The Bertz CT molecular complexity index is 3650. The van der Waals surface area contributed by atoms with Crippen LogP contribution in [0.15, 0.2) is 271 Å². The number of hydrogen-bond donors (Lipinski definition) is 3. The van der Waals surface area contributed by atoms with Gasteiger partial charge in [-0.3, -0.25) is 0 Å². The molecule has 1 heterocycles. The lowest BCUT2D eigenvalue weighted by Gasteiger charge is -2.42. The van der Waals surface area contributed by atoms with Crippen molar-refractivity contribution in [1.29, 1.82) is 0 Å². The topological polar surface area (TPSA) is 53.8 Å². The molecule has 10 rings (SSSR count). The zero-order chi connectivity index (χ0) is 64.0. The molecule has 0 radical (unpaired) electrons. The van der Waals surface area contributed by atoms with Gasteiger partial charge in [0.2, 0.25) is 0 Å². The molecule has 0 saturated heterocycles. The number of rotatable bonds is 13. The van der Waals surface area contributed by atoms with E-state index in [-0.39, 0.29) is 5.41 Å². The Morgan fingerprint density at radius 2 is 1.23 bits per heavy atom. The highest BCUT2D eigenvalue weighted by atomic mass is 14.9. The normalized spacial score (nSPS) is 15.1. The van der Waals surface area contributed by atoms with Crippen LogP contribution in [0.25, 0.3) is 44.3 Å². The monoisotopic (exact) mass is 1150 g/mol. The van der Waals surface area contributed by atoms with E-state index in [9.17, 15) is 0 Å². The van der Waals surface area contributed by atoms with Gasteiger partial charge in [-0.1, -0.05) is 275 Å². The van der Waals surface area contributed by atoms with Gasteiger partial charge in [-0.2, -0.15) is 0 Å². The molecule has 454 valence electrons. The molecule has 87 heavy (non-hydrogen) atoms. The third-order valence-corrected chi connectivity index (χ3v) is 15.0. The fourth-order valence-electron chi connectivity index (χ4n) is 11.2. The van der Waals surface area contributed by atoms with Gasteiger partial charge in [0.25, 0.3) is 0 Å². The van der Waals surface area contributed by atoms with Crippen molar-refractivity contribution in [2.45, 2.75) is 148 Å². The summed E-state index contributed by atoms with van der Waals surface area (Å²) in [7, 11) is 0. The summed E-state index contributed by atoms with van der Waals surface area (Å²) < 4.78 is 0. The van der Waals surface area contributed by atoms with E-state index in [1.807, 2.05) is 82.2 Å². The lowest BCUT2D eigenvalue weighted by Crippen LogP contribution is -2.36. The molecule has 4 N–H and O–H groups in total. The van der Waals surface area contributed by atoms with Crippen LogP contribution in [0.2, 0.25) is 0 Å². The third-order valence-electron chi connectivity index (χ3n) is 15.0. The van der Waals surface area contributed by atoms with Crippen molar-refractivity contribution >= 4 is 27.7 Å². The SMILES string of the molecule is C#C.C/C=C\C=C(/C)C1(Cc2ccccc2)Cc2cc(NC3=CC=C(C(/C=C\N)=C/C)CCC3)ccc2-c2ccccc21.CC.CC.CC.CC.CC.C\C=C/C=C\C(=C/C)C1=c2[nH]c3ccc(-c4ccccc4)cc3c2=C(c2ccccc2)CC=C1. The fourth-order valence-corrected chi connectivity index (χ4v) is 11.2. The van der Waals surface area contributed by atoms with E-state index in [4.69, 9.17) is 5.73 Å². The van der Waals surface area contributed by atoms with E-state index in [2.05, 4.69) is 281 Å². The Kier molecular flexibility index (Phi) is 33.7. The van der Waals surface area contributed by atoms with E-state index in [1.165, 1.54) is 105 Å². The van der Waals surface area contributed by atoms with Crippen molar-refractivity contribution < 1.29 is 0 Å². The number of aromatic amines is 1. The average Bonchev–Trinajstić information content (AvgIpc) is 1.41. The van der Waals surface area contributed by atoms with Crippen molar-refractivity contribution in [3.05, 3.63) is 304 Å². The fraction of sp³-hybridized carbons (Fsp3) is 0.262. The van der Waals surface area contributed by atoms with Crippen molar-refractivity contribution in [3.63, 3.8) is 0 Å². The van der Waals surface area contributed by atoms with E-state index < -0.39 is 0 Å². The number of H-pyrrole nitrogens is 1. The molecule has 0 saturated carbocycles. The Balaban J connectivity index is 0.000000393. The second-order valence-electron chi connectivity index (χ2n) is 19.7. The van der Waals surface area contributed by atoms with Gasteiger partial charge in [0.1, 0.15) is 0 Å². The first kappa shape index (κ1) is 72.4. The Labute approximate surface area is 527 Å². The number of allylic oxidation sites excluding steroid dienone is 19. The van der Waals surface area contributed by atoms with E-state index >= 15 is 0 Å². The molecule has 1 unspecified atom stereocenters. The molecule has 7 aromatic rings. The maximum atomic E-state index is 5.69. The zero-order valence-corrected chi connectivity index (χ0v) is 55.6. The predicted octanol–water partition coefficient (Wildman–Crippen LogP) is 22.3. The molecule has 3 heteroatoms. The van der Waals surface area contributed by atoms with Gasteiger partial charge in [0.15, 0.2) is 0 Å². The molecular weight excluding hydrogens is 1050 g/mol. The maximum Gasteiger partial charge on any atom is 0.0547 e. The second kappa shape index (κ2) is 40.5. The summed E-state index contributed by atoms with van der Waals surface area (Å²) in [5.74, 6) is 0. The highest BCUT2D eigenvalue weighted by Gasteiger charge is 2.40. The molecule has 3 nitrogen and oxygen atoms in total. The zero-order valence-electron chi connectivity index (χ0n) is 55.6. The maximum absolute atomic E-state index is 5.69. The van der Waals surface area contributed by atoms with E-state index in [1.54, 1.807) is 6.20 Å². The third kappa shape index (κ3) is 19.1. The number of benzene rings is 6. The van der Waals surface area contributed by atoms with Gasteiger partial charge < -0.3 is 16.0 Å². The largest absolute Gasteiger partial charge is 0.405 e. The molecule has 1 aromatic heterocycles. The summed E-state index contributed by atoms with van der Waals surface area (Å²) in [5, 5.41) is 7.53. The summed E-state index contributed by atoms with van der Waals surface area (Å²) >= 11 is 0. The van der Waals surface area contributed by atoms with Crippen LogP contribution in [-0.2, 0) is 18.3 Å². The van der Waals surface area contributed by atoms with Crippen LogP contribution >= 0.6 is 0 Å². The predicted molar refractivity (Wildman–Crippen MR) is 390 cm³/mol. The Morgan fingerprint density at radius 3 is 1.86 bits per heavy atom. The molecular formula is C84H103N3. The minimum absolute atomic E-state index is 0.123. The van der Waals surface area contributed by atoms with Crippen LogP contribution in [0.1, 0.15) is 152 Å². The first-order valence-corrected chi connectivity index (χ1v) is 32.1. The van der Waals surface area contributed by atoms with Gasteiger partial charge >= 0.3 is 0 Å². The van der Waals surface area contributed by atoms with Gasteiger partial charge in [-0.15, -0.1) is 12.8 Å². The molecule has 1 atom stereocenters. The summed E-state index contributed by atoms with van der Waals surface area (Å²) in [6.45, 7) is 30.6. The molecule has 3 aliphatic carbocycles. The Hall–Kier alpha value is -8.84. The van der Waals surface area contributed by atoms with Crippen molar-refractivity contribution in [1.82, 2.24) is 4.98 Å². The molecule has 6 aromatic carbocycles. The quantitative estimate of drug-likeness (QED) is 0.0796. The summed E-state index contributed by atoms with van der Waals surface area (Å²) in [6, 6.07) is 55.1. The number of fused-ring (bicyclic) bond motifs is 6. The van der Waals surface area contributed by atoms with Crippen LogP contribution in [0, 0.1) is 12.8 Å². The number of aromatic nitrogens is 1. The molecule has 0 amide bonds. The van der Waals surface area contributed by atoms with Gasteiger partial charge in [-0.25, -0.2) is 0 Å². The van der Waals surface area contributed by atoms with Gasteiger partial charge in [0.05, 0.1) is 5.35 Å². The van der Waals surface area contributed by atoms with E-state index in [0.717, 1.165) is 44.2 Å². The van der Waals surface area contributed by atoms with Crippen LogP contribution < -0.4 is 21.6 Å². The standard InChI is InChI=1S/C39H42N2.C33H29N.5C2H6.C2H2/c1-4-6-13-29(3)39(27-30-14-8-7-9-15-30)28-33-26-35(22-23-36(33)37-18-10-11-19-38(37)39)41-34-17-12-16-32(20-21-34)31(5-2)24-25-40;1-3-5-8-14-24(4-2)29-20-13-19-28(26-17-11-7-12-18-26)32-30-23-27(25-15-9-6-10-16-25)21-22-31(30)34-33(29)32;6*1-2/h4-11,13-15,18-26,41H,12,16-17,27-28,40H2,1-3H3;3-18,20-23,34H,19H2,1-2H3;5*1-2H3;1-2H/b6-4-,25-24-,29-13+,31-5+;5-3-,14-8-,24-4+;;;;;;. The van der Waals surface area contributed by atoms with Crippen molar-refractivity contribution in [3.8, 4) is 35.1 Å². The summed E-state index contributed by atoms with van der Waals surface area (Å²) in [4.78, 5) is 3.79. The number of terminal acetylenes is 1. The number of nitrogens with two attached hydrogens (primary N) is 1. The lowest BCUT2D eigenvalue weighted by atomic mass is 9.61. The molecule has 0 aliphatic heterocycles. The van der Waals surface area contributed by atoms with Crippen LogP contribution in [0.3, 0.4) is 0 Å². The second-order valence-corrected chi connectivity index (χ2v) is 19.7. The number of nitrogens with one attached hydrogen (secondary N) is 2. The van der Waals surface area contributed by atoms with Crippen molar-refractivity contribution in [2.24, 2.45) is 5.73 Å². The van der Waals surface area contributed by atoms with E-state index in [0.29, 0.717) is 0 Å². The first-order chi connectivity index (χ1) is 42.9. The highest BCUT2D eigenvalue weighted by molar-refractivity contribution is 5.92. The molecule has 0 fully saturated rings. The highest BCUT2D eigenvalue weighted by Crippen LogP contribution is 2.49. The lowest BCUT2D eigenvalue weighted by molar-refractivity contribution is 0.490. The minimum Gasteiger partial charge on any atom is -0.405 e.